The summed E-state index contributed by atoms with van der Waals surface area (Å²) in [5.41, 5.74) is 4.78. The lowest BCUT2D eigenvalue weighted by Crippen LogP contribution is -2.49. The first-order valence-corrected chi connectivity index (χ1v) is 12.5. The van der Waals surface area contributed by atoms with E-state index in [1.165, 1.54) is 5.56 Å². The third-order valence-electron chi connectivity index (χ3n) is 6.83. The molecule has 0 aliphatic carbocycles. The number of aromatic amines is 1. The number of methoxy groups -OCH3 is 1. The van der Waals surface area contributed by atoms with Gasteiger partial charge in [-0.1, -0.05) is 29.3 Å². The van der Waals surface area contributed by atoms with Gasteiger partial charge in [0.2, 0.25) is 0 Å². The molecule has 10 heteroatoms. The average molecular weight is 508 g/mol. The van der Waals surface area contributed by atoms with Crippen molar-refractivity contribution in [2.45, 2.75) is 26.4 Å². The average Bonchev–Trinajstić information content (AvgIpc) is 3.33. The summed E-state index contributed by atoms with van der Waals surface area (Å²) in [4.78, 5) is 21.1. The van der Waals surface area contributed by atoms with Crippen LogP contribution in [0.25, 0.3) is 10.9 Å². The number of piperazine rings is 1. The Morgan fingerprint density at radius 2 is 1.89 bits per heavy atom. The summed E-state index contributed by atoms with van der Waals surface area (Å²) in [5.74, 6) is 0.636. The number of nitrogens with zero attached hydrogens (tertiary/aromatic N) is 6. The summed E-state index contributed by atoms with van der Waals surface area (Å²) < 4.78 is 7.00. The van der Waals surface area contributed by atoms with Crippen LogP contribution in [0, 0.1) is 13.8 Å². The van der Waals surface area contributed by atoms with Crippen molar-refractivity contribution in [1.82, 2.24) is 30.1 Å². The molecule has 0 amide bonds. The SMILES string of the molecule is COCCn1nnnc1[C@@H](c1cc2cc(C)ccc2[nH]c1=O)N1CCN(c2cc(Cl)ccc2C)CC1. The van der Waals surface area contributed by atoms with Gasteiger partial charge in [-0.25, -0.2) is 4.68 Å². The second kappa shape index (κ2) is 10.4. The molecule has 9 nitrogen and oxygen atoms in total. The van der Waals surface area contributed by atoms with E-state index in [0.717, 1.165) is 53.4 Å². The molecular weight excluding hydrogens is 478 g/mol. The molecule has 1 aliphatic rings. The largest absolute Gasteiger partial charge is 0.383 e. The van der Waals surface area contributed by atoms with Crippen molar-refractivity contribution in [2.75, 3.05) is 44.8 Å². The van der Waals surface area contributed by atoms with Crippen LogP contribution in [-0.2, 0) is 11.3 Å². The van der Waals surface area contributed by atoms with E-state index in [9.17, 15) is 4.79 Å². The minimum absolute atomic E-state index is 0.134. The quantitative estimate of drug-likeness (QED) is 0.410. The summed E-state index contributed by atoms with van der Waals surface area (Å²) in [6.07, 6.45) is 0. The lowest BCUT2D eigenvalue weighted by molar-refractivity contribution is 0.171. The molecule has 36 heavy (non-hydrogen) atoms. The van der Waals surface area contributed by atoms with E-state index in [0.29, 0.717) is 24.5 Å². The van der Waals surface area contributed by atoms with Crippen molar-refractivity contribution in [3.63, 3.8) is 0 Å². The van der Waals surface area contributed by atoms with Crippen LogP contribution in [0.1, 0.15) is 28.6 Å². The highest BCUT2D eigenvalue weighted by Gasteiger charge is 2.33. The Labute approximate surface area is 214 Å². The zero-order valence-electron chi connectivity index (χ0n) is 20.7. The van der Waals surface area contributed by atoms with Gasteiger partial charge in [-0.2, -0.15) is 0 Å². The molecule has 0 spiro atoms. The molecule has 0 saturated carbocycles. The number of H-pyrrole nitrogens is 1. The van der Waals surface area contributed by atoms with Crippen LogP contribution in [0.15, 0.2) is 47.3 Å². The molecule has 0 radical (unpaired) electrons. The van der Waals surface area contributed by atoms with Gasteiger partial charge in [-0.05, 0) is 65.6 Å². The number of benzene rings is 2. The topological polar surface area (TPSA) is 92.2 Å². The molecule has 0 bridgehead atoms. The monoisotopic (exact) mass is 507 g/mol. The molecule has 1 fully saturated rings. The normalized spacial score (nSPS) is 15.5. The first kappa shape index (κ1) is 24.4. The minimum Gasteiger partial charge on any atom is -0.383 e. The van der Waals surface area contributed by atoms with E-state index in [4.69, 9.17) is 16.3 Å². The Morgan fingerprint density at radius 3 is 2.67 bits per heavy atom. The highest BCUT2D eigenvalue weighted by atomic mass is 35.5. The van der Waals surface area contributed by atoms with Gasteiger partial charge in [0.25, 0.3) is 5.56 Å². The van der Waals surface area contributed by atoms with Gasteiger partial charge < -0.3 is 14.6 Å². The molecule has 1 aliphatic heterocycles. The second-order valence-corrected chi connectivity index (χ2v) is 9.69. The molecule has 2 aromatic heterocycles. The van der Waals surface area contributed by atoms with Crippen LogP contribution in [0.5, 0.6) is 0 Å². The van der Waals surface area contributed by atoms with Gasteiger partial charge in [0.15, 0.2) is 5.82 Å². The third-order valence-corrected chi connectivity index (χ3v) is 7.06. The van der Waals surface area contributed by atoms with Crippen molar-refractivity contribution in [2.24, 2.45) is 0 Å². The molecule has 2 aromatic carbocycles. The van der Waals surface area contributed by atoms with Crippen LogP contribution in [-0.4, -0.2) is 70.0 Å². The number of anilines is 1. The maximum atomic E-state index is 13.4. The van der Waals surface area contributed by atoms with Crippen molar-refractivity contribution in [3.05, 3.63) is 80.4 Å². The first-order chi connectivity index (χ1) is 17.4. The molecule has 4 aromatic rings. The fourth-order valence-corrected chi connectivity index (χ4v) is 5.10. The van der Waals surface area contributed by atoms with E-state index in [-0.39, 0.29) is 5.56 Å². The number of hydrogen-bond donors (Lipinski definition) is 1. The van der Waals surface area contributed by atoms with E-state index < -0.39 is 6.04 Å². The molecular formula is C26H30ClN7O2. The lowest BCUT2D eigenvalue weighted by atomic mass is 10.0. The Morgan fingerprint density at radius 1 is 1.08 bits per heavy atom. The number of fused-ring (bicyclic) bond motifs is 1. The number of tetrazole rings is 1. The highest BCUT2D eigenvalue weighted by Crippen LogP contribution is 2.30. The van der Waals surface area contributed by atoms with E-state index in [1.807, 2.05) is 43.3 Å². The molecule has 1 saturated heterocycles. The smallest absolute Gasteiger partial charge is 0.253 e. The first-order valence-electron chi connectivity index (χ1n) is 12.1. The fourth-order valence-electron chi connectivity index (χ4n) is 4.93. The Balaban J connectivity index is 1.52. The van der Waals surface area contributed by atoms with Crippen molar-refractivity contribution in [3.8, 4) is 0 Å². The van der Waals surface area contributed by atoms with E-state index >= 15 is 0 Å². The van der Waals surface area contributed by atoms with Crippen molar-refractivity contribution >= 4 is 28.2 Å². The Hall–Kier alpha value is -3.27. The maximum Gasteiger partial charge on any atom is 0.253 e. The molecule has 5 rings (SSSR count). The summed E-state index contributed by atoms with van der Waals surface area (Å²) >= 11 is 6.29. The molecule has 1 N–H and O–H groups in total. The number of halogens is 1. The summed E-state index contributed by atoms with van der Waals surface area (Å²) in [6, 6.07) is 13.6. The number of rotatable bonds is 7. The van der Waals surface area contributed by atoms with Crippen LogP contribution in [0.3, 0.4) is 0 Å². The molecule has 0 unspecified atom stereocenters. The number of nitrogens with one attached hydrogen (secondary N) is 1. The van der Waals surface area contributed by atoms with Crippen LogP contribution in [0.4, 0.5) is 5.69 Å². The second-order valence-electron chi connectivity index (χ2n) is 9.25. The number of hydrogen-bond acceptors (Lipinski definition) is 7. The molecule has 188 valence electrons. The maximum absolute atomic E-state index is 13.4. The number of aryl methyl sites for hydroxylation is 2. The number of pyridine rings is 1. The summed E-state index contributed by atoms with van der Waals surface area (Å²) in [5, 5.41) is 14.2. The standard InChI is InChI=1S/C26H30ClN7O2/c1-17-4-7-22-19(14-17)15-21(26(35)28-22)24(25-29-30-31-34(25)12-13-36-3)33-10-8-32(9-11-33)23-16-20(27)6-5-18(23)2/h4-7,14-16,24H,8-13H2,1-3H3,(H,28,35)/t24-/m1/s1. The number of aromatic nitrogens is 5. The minimum atomic E-state index is -0.395. The highest BCUT2D eigenvalue weighted by molar-refractivity contribution is 6.30. The van der Waals surface area contributed by atoms with Crippen molar-refractivity contribution in [1.29, 1.82) is 0 Å². The third kappa shape index (κ3) is 4.86. The number of ether oxygens (including phenoxy) is 1. The van der Waals surface area contributed by atoms with Gasteiger partial charge in [0, 0.05) is 55.1 Å². The lowest BCUT2D eigenvalue weighted by Gasteiger charge is -2.40. The Kier molecular flexibility index (Phi) is 7.04. The van der Waals surface area contributed by atoms with Gasteiger partial charge in [0.05, 0.1) is 13.2 Å². The molecule has 1 atom stereocenters. The zero-order valence-corrected chi connectivity index (χ0v) is 21.5. The van der Waals surface area contributed by atoms with Crippen LogP contribution in [0.2, 0.25) is 5.02 Å². The molecule has 3 heterocycles. The predicted molar refractivity (Wildman–Crippen MR) is 141 cm³/mol. The summed E-state index contributed by atoms with van der Waals surface area (Å²) in [6.45, 7) is 8.18. The van der Waals surface area contributed by atoms with Gasteiger partial charge in [-0.15, -0.1) is 5.10 Å². The van der Waals surface area contributed by atoms with Crippen LogP contribution < -0.4 is 10.5 Å². The summed E-state index contributed by atoms with van der Waals surface area (Å²) in [7, 11) is 1.65. The predicted octanol–water partition coefficient (Wildman–Crippen LogP) is 3.34. The van der Waals surface area contributed by atoms with Crippen molar-refractivity contribution < 1.29 is 4.74 Å². The van der Waals surface area contributed by atoms with Gasteiger partial charge in [0.1, 0.15) is 6.04 Å². The Bertz CT molecular complexity index is 1430. The van der Waals surface area contributed by atoms with Crippen LogP contribution >= 0.6 is 11.6 Å². The van der Waals surface area contributed by atoms with Gasteiger partial charge in [-0.3, -0.25) is 9.69 Å². The van der Waals surface area contributed by atoms with Gasteiger partial charge >= 0.3 is 0 Å². The van der Waals surface area contributed by atoms with E-state index in [2.05, 4.69) is 43.3 Å². The van der Waals surface area contributed by atoms with E-state index in [1.54, 1.807) is 11.8 Å². The zero-order chi connectivity index (χ0) is 25.2. The fraction of sp³-hybridized carbons (Fsp3) is 0.385.